The third-order valence-corrected chi connectivity index (χ3v) is 3.69. The second kappa shape index (κ2) is 9.64. The smallest absolute Gasteiger partial charge is 0.422 e. The molecule has 30 heavy (non-hydrogen) atoms. The molecule has 0 fully saturated rings. The Morgan fingerprint density at radius 1 is 0.967 bits per heavy atom. The number of aromatic nitrogens is 1. The van der Waals surface area contributed by atoms with Crippen LogP contribution in [0.2, 0.25) is 0 Å². The number of nitrogens with two attached hydrogens (primary N) is 1. The van der Waals surface area contributed by atoms with E-state index >= 15 is 0 Å². The van der Waals surface area contributed by atoms with Gasteiger partial charge < -0.3 is 20.0 Å². The molecule has 2 aromatic carbocycles. The Balaban J connectivity index is 1.54. The van der Waals surface area contributed by atoms with E-state index in [0.29, 0.717) is 22.8 Å². The van der Waals surface area contributed by atoms with Crippen LogP contribution >= 0.6 is 0 Å². The summed E-state index contributed by atoms with van der Waals surface area (Å²) in [5.74, 6) is 1.24. The number of ether oxygens (including phenoxy) is 2. The molecule has 9 heteroatoms. The highest BCUT2D eigenvalue weighted by Crippen LogP contribution is 2.20. The minimum absolute atomic E-state index is 0.00650. The Hall–Kier alpha value is -3.75. The summed E-state index contributed by atoms with van der Waals surface area (Å²) < 4.78 is 47.0. The minimum atomic E-state index is -4.40. The van der Waals surface area contributed by atoms with Crippen molar-refractivity contribution in [3.8, 4) is 17.4 Å². The molecule has 3 aromatic rings. The molecule has 0 bridgehead atoms. The molecule has 2 N–H and O–H groups in total. The lowest BCUT2D eigenvalue weighted by Crippen LogP contribution is -2.19. The quantitative estimate of drug-likeness (QED) is 0.328. The second-order valence-electron chi connectivity index (χ2n) is 6.10. The molecule has 6 nitrogen and oxygen atoms in total. The summed E-state index contributed by atoms with van der Waals surface area (Å²) >= 11 is 0. The number of nitrogens with zero attached hydrogens (tertiary/aromatic N) is 2. The number of pyridine rings is 1. The zero-order valence-corrected chi connectivity index (χ0v) is 15.7. The predicted molar refractivity (Wildman–Crippen MR) is 104 cm³/mol. The van der Waals surface area contributed by atoms with Crippen LogP contribution in [-0.4, -0.2) is 23.6 Å². The fourth-order valence-electron chi connectivity index (χ4n) is 2.32. The average molecular weight is 417 g/mol. The maximum atomic E-state index is 12.2. The molecule has 3 rings (SSSR count). The van der Waals surface area contributed by atoms with Gasteiger partial charge in [0.15, 0.2) is 12.4 Å². The van der Waals surface area contributed by atoms with E-state index in [1.165, 1.54) is 18.3 Å². The van der Waals surface area contributed by atoms with E-state index in [0.717, 1.165) is 0 Å². The van der Waals surface area contributed by atoms with Gasteiger partial charge in [-0.25, -0.2) is 4.98 Å². The second-order valence-corrected chi connectivity index (χ2v) is 6.10. The molecule has 0 saturated carbocycles. The number of hydrogen-bond donors (Lipinski definition) is 1. The third-order valence-electron chi connectivity index (χ3n) is 3.69. The standard InChI is InChI=1S/C21H18F3N3O3/c22-21(23,24)14-28-18-8-4-5-15(11-18)13-29-27-20(25)16-9-10-19(26-12-16)30-17-6-2-1-3-7-17/h1-12H,13-14H2,(H2,25,27). The largest absolute Gasteiger partial charge is 0.484 e. The van der Waals surface area contributed by atoms with Crippen molar-refractivity contribution in [2.45, 2.75) is 12.8 Å². The number of hydrogen-bond acceptors (Lipinski definition) is 5. The van der Waals surface area contributed by atoms with Crippen molar-refractivity contribution in [3.05, 3.63) is 84.1 Å². The molecule has 0 amide bonds. The normalized spacial score (nSPS) is 11.8. The van der Waals surface area contributed by atoms with Gasteiger partial charge in [-0.3, -0.25) is 0 Å². The molecular weight excluding hydrogens is 399 g/mol. The Labute approximate surface area is 170 Å². The van der Waals surface area contributed by atoms with Crippen LogP contribution in [0.15, 0.2) is 78.1 Å². The molecule has 0 unspecified atom stereocenters. The molecule has 0 aliphatic carbocycles. The summed E-state index contributed by atoms with van der Waals surface area (Å²) in [7, 11) is 0. The lowest BCUT2D eigenvalue weighted by atomic mass is 10.2. The number of benzene rings is 2. The summed E-state index contributed by atoms with van der Waals surface area (Å²) in [5, 5.41) is 3.81. The van der Waals surface area contributed by atoms with Crippen LogP contribution in [0.25, 0.3) is 0 Å². The minimum Gasteiger partial charge on any atom is -0.484 e. The van der Waals surface area contributed by atoms with E-state index in [1.807, 2.05) is 30.3 Å². The number of halogens is 3. The molecule has 0 atom stereocenters. The monoisotopic (exact) mass is 417 g/mol. The number of oxime groups is 1. The van der Waals surface area contributed by atoms with Crippen molar-refractivity contribution in [2.75, 3.05) is 6.61 Å². The highest BCUT2D eigenvalue weighted by molar-refractivity contribution is 5.96. The maximum Gasteiger partial charge on any atom is 0.422 e. The molecule has 0 saturated heterocycles. The molecule has 0 radical (unpaired) electrons. The van der Waals surface area contributed by atoms with Crippen LogP contribution in [-0.2, 0) is 11.4 Å². The lowest BCUT2D eigenvalue weighted by Gasteiger charge is -2.10. The van der Waals surface area contributed by atoms with Gasteiger partial charge in [0, 0.05) is 17.8 Å². The summed E-state index contributed by atoms with van der Waals surface area (Å²) in [6.45, 7) is -1.36. The van der Waals surface area contributed by atoms with E-state index in [1.54, 1.807) is 24.3 Å². The topological polar surface area (TPSA) is 79.0 Å². The first-order valence-electron chi connectivity index (χ1n) is 8.82. The fourth-order valence-corrected chi connectivity index (χ4v) is 2.32. The highest BCUT2D eigenvalue weighted by atomic mass is 19.4. The number of alkyl halides is 3. The van der Waals surface area contributed by atoms with Crippen LogP contribution < -0.4 is 15.2 Å². The Bertz CT molecular complexity index is 978. The number of amidine groups is 1. The zero-order valence-electron chi connectivity index (χ0n) is 15.7. The first-order chi connectivity index (χ1) is 14.4. The van der Waals surface area contributed by atoms with E-state index in [9.17, 15) is 13.2 Å². The van der Waals surface area contributed by atoms with Gasteiger partial charge in [0.2, 0.25) is 5.88 Å². The summed E-state index contributed by atoms with van der Waals surface area (Å²) in [6, 6.07) is 18.6. The van der Waals surface area contributed by atoms with Gasteiger partial charge in [0.25, 0.3) is 0 Å². The van der Waals surface area contributed by atoms with Gasteiger partial charge in [-0.15, -0.1) is 0 Å². The first kappa shape index (κ1) is 21.0. The van der Waals surface area contributed by atoms with Gasteiger partial charge >= 0.3 is 6.18 Å². The molecular formula is C21H18F3N3O3. The summed E-state index contributed by atoms with van der Waals surface area (Å²) in [5.41, 5.74) is 6.99. The number of para-hydroxylation sites is 1. The van der Waals surface area contributed by atoms with Crippen molar-refractivity contribution >= 4 is 5.84 Å². The van der Waals surface area contributed by atoms with Crippen LogP contribution in [0, 0.1) is 0 Å². The van der Waals surface area contributed by atoms with Crippen LogP contribution in [0.3, 0.4) is 0 Å². The van der Waals surface area contributed by atoms with Gasteiger partial charge in [-0.2, -0.15) is 13.2 Å². The molecule has 1 heterocycles. The average Bonchev–Trinajstić information content (AvgIpc) is 2.73. The van der Waals surface area contributed by atoms with Crippen molar-refractivity contribution in [2.24, 2.45) is 10.9 Å². The van der Waals surface area contributed by atoms with E-state index < -0.39 is 12.8 Å². The lowest BCUT2D eigenvalue weighted by molar-refractivity contribution is -0.153. The Morgan fingerprint density at radius 3 is 2.43 bits per heavy atom. The molecule has 0 aliphatic heterocycles. The Morgan fingerprint density at radius 2 is 1.73 bits per heavy atom. The maximum absolute atomic E-state index is 12.2. The Kier molecular flexibility index (Phi) is 6.74. The molecule has 0 aliphatic rings. The summed E-state index contributed by atoms with van der Waals surface area (Å²) in [4.78, 5) is 9.35. The van der Waals surface area contributed by atoms with Gasteiger partial charge in [-0.1, -0.05) is 35.5 Å². The third kappa shape index (κ3) is 6.69. The highest BCUT2D eigenvalue weighted by Gasteiger charge is 2.28. The van der Waals surface area contributed by atoms with Crippen LogP contribution in [0.1, 0.15) is 11.1 Å². The van der Waals surface area contributed by atoms with Crippen molar-refractivity contribution in [1.82, 2.24) is 4.98 Å². The van der Waals surface area contributed by atoms with E-state index in [2.05, 4.69) is 10.1 Å². The fraction of sp³-hybridized carbons (Fsp3) is 0.143. The number of rotatable bonds is 8. The zero-order chi connectivity index (χ0) is 21.4. The SMILES string of the molecule is N/C(=N/OCc1cccc(OCC(F)(F)F)c1)c1ccc(Oc2ccccc2)nc1. The van der Waals surface area contributed by atoms with Crippen LogP contribution in [0.5, 0.6) is 17.4 Å². The van der Waals surface area contributed by atoms with Crippen molar-refractivity contribution in [1.29, 1.82) is 0 Å². The van der Waals surface area contributed by atoms with Crippen molar-refractivity contribution < 1.29 is 27.5 Å². The van der Waals surface area contributed by atoms with Gasteiger partial charge in [-0.05, 0) is 35.9 Å². The molecule has 1 aromatic heterocycles. The van der Waals surface area contributed by atoms with Crippen molar-refractivity contribution in [3.63, 3.8) is 0 Å². The van der Waals surface area contributed by atoms with Gasteiger partial charge in [0.05, 0.1) is 0 Å². The van der Waals surface area contributed by atoms with Crippen LogP contribution in [0.4, 0.5) is 13.2 Å². The van der Waals surface area contributed by atoms with E-state index in [4.69, 9.17) is 20.0 Å². The molecule has 0 spiro atoms. The summed E-state index contributed by atoms with van der Waals surface area (Å²) in [6.07, 6.45) is -2.91. The van der Waals surface area contributed by atoms with Gasteiger partial charge in [0.1, 0.15) is 18.1 Å². The van der Waals surface area contributed by atoms with E-state index in [-0.39, 0.29) is 18.2 Å². The predicted octanol–water partition coefficient (Wildman–Crippen LogP) is 4.65. The molecule has 156 valence electrons. The first-order valence-corrected chi connectivity index (χ1v) is 8.82.